The number of benzene rings is 2. The van der Waals surface area contributed by atoms with Gasteiger partial charge in [0.25, 0.3) is 0 Å². The molecule has 2 aromatic carbocycles. The zero-order valence-electron chi connectivity index (χ0n) is 15.9. The SMILES string of the molecule is COc1cc(C=NNC(=O)CC(=O)Nc2cccc(Cl)c2Cl)cc(OC)c1OC. The van der Waals surface area contributed by atoms with Crippen LogP contribution in [0.15, 0.2) is 35.4 Å². The van der Waals surface area contributed by atoms with Crippen LogP contribution in [0.5, 0.6) is 17.2 Å². The maximum atomic E-state index is 12.0. The Morgan fingerprint density at radius 1 is 1.03 bits per heavy atom. The quantitative estimate of drug-likeness (QED) is 0.372. The van der Waals surface area contributed by atoms with Crippen molar-refractivity contribution in [2.75, 3.05) is 26.6 Å². The molecule has 0 aromatic heterocycles. The van der Waals surface area contributed by atoms with Crippen molar-refractivity contribution in [2.24, 2.45) is 5.10 Å². The van der Waals surface area contributed by atoms with Crippen molar-refractivity contribution in [3.63, 3.8) is 0 Å². The number of amides is 2. The predicted molar refractivity (Wildman–Crippen MR) is 112 cm³/mol. The minimum Gasteiger partial charge on any atom is -0.493 e. The number of ether oxygens (including phenoxy) is 3. The second kappa shape index (κ2) is 10.5. The number of hydrazone groups is 1. The van der Waals surface area contributed by atoms with Gasteiger partial charge in [-0.2, -0.15) is 5.10 Å². The Bertz CT molecular complexity index is 909. The maximum Gasteiger partial charge on any atom is 0.249 e. The summed E-state index contributed by atoms with van der Waals surface area (Å²) in [5.41, 5.74) is 3.19. The summed E-state index contributed by atoms with van der Waals surface area (Å²) in [6, 6.07) is 8.11. The molecule has 0 bridgehead atoms. The van der Waals surface area contributed by atoms with Crippen LogP contribution in [-0.2, 0) is 9.59 Å². The van der Waals surface area contributed by atoms with Crippen molar-refractivity contribution < 1.29 is 23.8 Å². The van der Waals surface area contributed by atoms with Crippen molar-refractivity contribution in [2.45, 2.75) is 6.42 Å². The molecule has 2 rings (SSSR count). The van der Waals surface area contributed by atoms with Gasteiger partial charge < -0.3 is 19.5 Å². The lowest BCUT2D eigenvalue weighted by atomic mass is 10.2. The summed E-state index contributed by atoms with van der Waals surface area (Å²) in [6.07, 6.45) is 0.934. The summed E-state index contributed by atoms with van der Waals surface area (Å²) in [4.78, 5) is 23.9. The highest BCUT2D eigenvalue weighted by Crippen LogP contribution is 2.37. The Labute approximate surface area is 177 Å². The lowest BCUT2D eigenvalue weighted by Gasteiger charge is -2.12. The first-order valence-corrected chi connectivity index (χ1v) is 9.01. The monoisotopic (exact) mass is 439 g/mol. The Morgan fingerprint density at radius 2 is 1.69 bits per heavy atom. The Kier molecular flexibility index (Phi) is 8.11. The van der Waals surface area contributed by atoms with Crippen molar-refractivity contribution in [3.8, 4) is 17.2 Å². The number of anilines is 1. The van der Waals surface area contributed by atoms with Crippen LogP contribution >= 0.6 is 23.2 Å². The molecule has 2 amide bonds. The molecule has 0 aliphatic rings. The predicted octanol–water partition coefficient (Wildman–Crippen LogP) is 3.50. The lowest BCUT2D eigenvalue weighted by molar-refractivity contribution is -0.126. The topological polar surface area (TPSA) is 98.2 Å². The van der Waals surface area contributed by atoms with Gasteiger partial charge in [-0.1, -0.05) is 29.3 Å². The highest BCUT2D eigenvalue weighted by Gasteiger charge is 2.13. The van der Waals surface area contributed by atoms with Crippen molar-refractivity contribution in [1.82, 2.24) is 5.43 Å². The molecule has 2 N–H and O–H groups in total. The van der Waals surface area contributed by atoms with Gasteiger partial charge in [0, 0.05) is 5.56 Å². The molecule has 0 radical (unpaired) electrons. The molecular formula is C19H19Cl2N3O5. The van der Waals surface area contributed by atoms with Crippen LogP contribution in [0.25, 0.3) is 0 Å². The van der Waals surface area contributed by atoms with Gasteiger partial charge in [-0.05, 0) is 24.3 Å². The molecule has 0 spiro atoms. The Hall–Kier alpha value is -2.97. The van der Waals surface area contributed by atoms with E-state index in [0.717, 1.165) is 0 Å². The van der Waals surface area contributed by atoms with Crippen molar-refractivity contribution >= 4 is 46.9 Å². The average molecular weight is 440 g/mol. The van der Waals surface area contributed by atoms with E-state index in [-0.39, 0.29) is 5.02 Å². The number of methoxy groups -OCH3 is 3. The van der Waals surface area contributed by atoms with Crippen LogP contribution in [-0.4, -0.2) is 39.4 Å². The summed E-state index contributed by atoms with van der Waals surface area (Å²) in [5, 5.41) is 6.85. The van der Waals surface area contributed by atoms with E-state index < -0.39 is 18.2 Å². The molecule has 0 saturated carbocycles. The highest BCUT2D eigenvalue weighted by atomic mass is 35.5. The van der Waals surface area contributed by atoms with Gasteiger partial charge in [0.15, 0.2) is 11.5 Å². The van der Waals surface area contributed by atoms with Gasteiger partial charge in [0.2, 0.25) is 17.6 Å². The van der Waals surface area contributed by atoms with Crippen LogP contribution in [0.1, 0.15) is 12.0 Å². The van der Waals surface area contributed by atoms with Crippen LogP contribution in [0.2, 0.25) is 10.0 Å². The molecule has 154 valence electrons. The second-order valence-electron chi connectivity index (χ2n) is 5.58. The van der Waals surface area contributed by atoms with E-state index in [1.165, 1.54) is 27.5 Å². The van der Waals surface area contributed by atoms with E-state index in [1.807, 2.05) is 0 Å². The second-order valence-corrected chi connectivity index (χ2v) is 6.36. The number of carbonyl (C=O) groups excluding carboxylic acids is 2. The highest BCUT2D eigenvalue weighted by molar-refractivity contribution is 6.44. The first kappa shape index (κ1) is 22.3. The first-order valence-electron chi connectivity index (χ1n) is 8.25. The zero-order valence-corrected chi connectivity index (χ0v) is 17.4. The van der Waals surface area contributed by atoms with Gasteiger partial charge in [0.05, 0.1) is 43.3 Å². The fourth-order valence-corrected chi connectivity index (χ4v) is 2.68. The smallest absolute Gasteiger partial charge is 0.249 e. The fraction of sp³-hybridized carbons (Fsp3) is 0.211. The molecule has 10 heteroatoms. The molecule has 0 aliphatic carbocycles. The summed E-state index contributed by atoms with van der Waals surface area (Å²) in [6.45, 7) is 0. The van der Waals surface area contributed by atoms with Gasteiger partial charge in [-0.25, -0.2) is 5.43 Å². The largest absolute Gasteiger partial charge is 0.493 e. The molecule has 0 heterocycles. The normalized spacial score (nSPS) is 10.5. The summed E-state index contributed by atoms with van der Waals surface area (Å²) >= 11 is 11.9. The van der Waals surface area contributed by atoms with Crippen molar-refractivity contribution in [1.29, 1.82) is 0 Å². The van der Waals surface area contributed by atoms with Gasteiger partial charge in [0.1, 0.15) is 6.42 Å². The minimum atomic E-state index is -0.607. The van der Waals surface area contributed by atoms with E-state index in [2.05, 4.69) is 15.8 Å². The lowest BCUT2D eigenvalue weighted by Crippen LogP contribution is -2.24. The molecule has 0 saturated heterocycles. The summed E-state index contributed by atoms with van der Waals surface area (Å²) in [7, 11) is 4.48. The van der Waals surface area contributed by atoms with E-state index in [1.54, 1.807) is 30.3 Å². The molecule has 0 aliphatic heterocycles. The minimum absolute atomic E-state index is 0.198. The van der Waals surface area contributed by atoms with Crippen LogP contribution in [0.4, 0.5) is 5.69 Å². The van der Waals surface area contributed by atoms with Gasteiger partial charge >= 0.3 is 0 Å². The summed E-state index contributed by atoms with van der Waals surface area (Å²) in [5.74, 6) is 0.154. The number of nitrogens with zero attached hydrogens (tertiary/aromatic N) is 1. The van der Waals surface area contributed by atoms with E-state index in [0.29, 0.717) is 33.5 Å². The van der Waals surface area contributed by atoms with Crippen LogP contribution in [0.3, 0.4) is 0 Å². The average Bonchev–Trinajstić information content (AvgIpc) is 2.70. The molecule has 0 atom stereocenters. The standard InChI is InChI=1S/C19H19Cl2N3O5/c1-27-14-7-11(8-15(28-2)19(14)29-3)10-22-24-17(26)9-16(25)23-13-6-4-5-12(20)18(13)21/h4-8,10H,9H2,1-3H3,(H,23,25)(H,24,26). The van der Waals surface area contributed by atoms with Gasteiger partial charge in [-0.3, -0.25) is 9.59 Å². The third kappa shape index (κ3) is 6.00. The number of carbonyl (C=O) groups is 2. The van der Waals surface area contributed by atoms with Crippen LogP contribution < -0.4 is 25.0 Å². The molecule has 0 fully saturated rings. The number of halogens is 2. The first-order chi connectivity index (χ1) is 13.9. The number of hydrogen-bond acceptors (Lipinski definition) is 6. The van der Waals surface area contributed by atoms with E-state index in [9.17, 15) is 9.59 Å². The van der Waals surface area contributed by atoms with E-state index in [4.69, 9.17) is 37.4 Å². The maximum absolute atomic E-state index is 12.0. The van der Waals surface area contributed by atoms with Gasteiger partial charge in [-0.15, -0.1) is 0 Å². The third-order valence-corrected chi connectivity index (χ3v) is 4.46. The number of nitrogens with one attached hydrogen (secondary N) is 2. The summed E-state index contributed by atoms with van der Waals surface area (Å²) < 4.78 is 15.7. The van der Waals surface area contributed by atoms with Crippen LogP contribution in [0, 0.1) is 0 Å². The molecular weight excluding hydrogens is 421 g/mol. The Balaban J connectivity index is 1.97. The Morgan fingerprint density at radius 3 is 2.28 bits per heavy atom. The number of hydrogen-bond donors (Lipinski definition) is 2. The zero-order chi connectivity index (χ0) is 21.4. The number of rotatable bonds is 8. The molecule has 8 nitrogen and oxygen atoms in total. The molecule has 0 unspecified atom stereocenters. The fourth-order valence-electron chi connectivity index (χ4n) is 2.33. The van der Waals surface area contributed by atoms with E-state index >= 15 is 0 Å². The molecule has 29 heavy (non-hydrogen) atoms. The van der Waals surface area contributed by atoms with Crippen molar-refractivity contribution in [3.05, 3.63) is 45.9 Å². The molecule has 2 aromatic rings. The third-order valence-electron chi connectivity index (χ3n) is 3.64.